The van der Waals surface area contributed by atoms with Crippen LogP contribution in [-0.2, 0) is 9.59 Å². The number of hydrogen-bond donors (Lipinski definition) is 3. The number of aliphatic hydroxyl groups is 1. The molecule has 0 aliphatic rings. The molecular weight excluding hydrogens is 200 g/mol. The Bertz CT molecular complexity index is 149. The highest BCUT2D eigenvalue weighted by Crippen LogP contribution is 2.06. The molecule has 0 bridgehead atoms. The molecule has 3 N–H and O–H groups in total. The Balaban J connectivity index is 0. The van der Waals surface area contributed by atoms with Crippen molar-refractivity contribution in [2.45, 2.75) is 44.9 Å². The van der Waals surface area contributed by atoms with E-state index >= 15 is 0 Å². The molecule has 0 spiro atoms. The first-order valence-corrected chi connectivity index (χ1v) is 5.01. The van der Waals surface area contributed by atoms with Gasteiger partial charge in [0.1, 0.15) is 0 Å². The van der Waals surface area contributed by atoms with Gasteiger partial charge in [0.2, 0.25) is 0 Å². The van der Waals surface area contributed by atoms with Crippen molar-refractivity contribution in [2.24, 2.45) is 0 Å². The fourth-order valence-corrected chi connectivity index (χ4v) is 1.08. The lowest BCUT2D eigenvalue weighted by Gasteiger charge is -1.97. The molecule has 0 aliphatic heterocycles. The molecule has 15 heavy (non-hydrogen) atoms. The van der Waals surface area contributed by atoms with Crippen LogP contribution in [0, 0.1) is 0 Å². The van der Waals surface area contributed by atoms with Crippen molar-refractivity contribution in [1.82, 2.24) is 0 Å². The molecule has 5 nitrogen and oxygen atoms in total. The predicted molar refractivity (Wildman–Crippen MR) is 55.7 cm³/mol. The van der Waals surface area contributed by atoms with E-state index in [4.69, 9.17) is 15.3 Å². The summed E-state index contributed by atoms with van der Waals surface area (Å²) < 4.78 is 0. The van der Waals surface area contributed by atoms with E-state index in [0.29, 0.717) is 12.8 Å². The lowest BCUT2D eigenvalue weighted by Crippen LogP contribution is -1.95. The number of aliphatic carboxylic acids is 2. The first-order valence-electron chi connectivity index (χ1n) is 5.01. The van der Waals surface area contributed by atoms with E-state index in [1.807, 2.05) is 0 Å². The molecule has 0 unspecified atom stereocenters. The third-order valence-corrected chi connectivity index (χ3v) is 1.78. The Hall–Kier alpha value is -1.10. The first-order chi connectivity index (χ1) is 7.13. The van der Waals surface area contributed by atoms with E-state index in [0.717, 1.165) is 26.4 Å². The highest BCUT2D eigenvalue weighted by atomic mass is 16.4. The average Bonchev–Trinajstić information content (AvgIpc) is 2.18. The molecule has 0 rings (SSSR count). The van der Waals surface area contributed by atoms with Gasteiger partial charge >= 0.3 is 11.9 Å². The largest absolute Gasteiger partial charge is 0.481 e. The maximum absolute atomic E-state index is 10.1. The zero-order valence-electron chi connectivity index (χ0n) is 9.11. The molecule has 0 atom stereocenters. The van der Waals surface area contributed by atoms with Gasteiger partial charge in [0, 0.05) is 20.0 Å². The summed E-state index contributed by atoms with van der Waals surface area (Å²) in [7, 11) is 1.00. The van der Waals surface area contributed by atoms with Crippen molar-refractivity contribution in [3.05, 3.63) is 0 Å². The van der Waals surface area contributed by atoms with Crippen molar-refractivity contribution >= 4 is 11.9 Å². The highest BCUT2D eigenvalue weighted by molar-refractivity contribution is 5.66. The lowest BCUT2D eigenvalue weighted by molar-refractivity contribution is -0.138. The number of carboxylic acids is 2. The van der Waals surface area contributed by atoms with Crippen LogP contribution in [0.1, 0.15) is 44.9 Å². The van der Waals surface area contributed by atoms with Gasteiger partial charge in [0.05, 0.1) is 0 Å². The van der Waals surface area contributed by atoms with Crippen molar-refractivity contribution in [3.63, 3.8) is 0 Å². The summed E-state index contributed by atoms with van der Waals surface area (Å²) in [4.78, 5) is 20.2. The van der Waals surface area contributed by atoms with Gasteiger partial charge in [-0.15, -0.1) is 0 Å². The maximum atomic E-state index is 10.1. The molecule has 0 aromatic rings. The summed E-state index contributed by atoms with van der Waals surface area (Å²) in [5.74, 6) is -1.52. The summed E-state index contributed by atoms with van der Waals surface area (Å²) in [6, 6.07) is 0. The van der Waals surface area contributed by atoms with Gasteiger partial charge in [0.15, 0.2) is 0 Å². The van der Waals surface area contributed by atoms with Crippen molar-refractivity contribution in [3.8, 4) is 0 Å². The second-order valence-corrected chi connectivity index (χ2v) is 3.06. The molecule has 5 heteroatoms. The van der Waals surface area contributed by atoms with Crippen LogP contribution in [0.2, 0.25) is 0 Å². The number of aliphatic hydroxyl groups excluding tert-OH is 1. The molecule has 0 amide bonds. The van der Waals surface area contributed by atoms with Gasteiger partial charge in [-0.25, -0.2) is 0 Å². The smallest absolute Gasteiger partial charge is 0.303 e. The van der Waals surface area contributed by atoms with Crippen LogP contribution in [0.4, 0.5) is 0 Å². The standard InChI is InChI=1S/C9H16O4.CH4O/c10-8(11)6-4-2-1-3-5-7-9(12)13;1-2/h1-7H2,(H,10,11)(H,12,13);2H,1H3. The summed E-state index contributed by atoms with van der Waals surface area (Å²) in [6.45, 7) is 0. The summed E-state index contributed by atoms with van der Waals surface area (Å²) in [5.41, 5.74) is 0. The number of carboxylic acid groups (broad SMARTS) is 2. The SMILES string of the molecule is CO.O=C(O)CCCCCCCC(=O)O. The molecule has 0 fully saturated rings. The minimum absolute atomic E-state index is 0.221. The van der Waals surface area contributed by atoms with Gasteiger partial charge in [-0.2, -0.15) is 0 Å². The fourth-order valence-electron chi connectivity index (χ4n) is 1.08. The zero-order valence-corrected chi connectivity index (χ0v) is 9.11. The van der Waals surface area contributed by atoms with E-state index in [-0.39, 0.29) is 12.8 Å². The Morgan fingerprint density at radius 2 is 1.00 bits per heavy atom. The number of rotatable bonds is 8. The number of unbranched alkanes of at least 4 members (excludes halogenated alkanes) is 4. The molecule has 0 aromatic carbocycles. The van der Waals surface area contributed by atoms with E-state index < -0.39 is 11.9 Å². The van der Waals surface area contributed by atoms with Crippen molar-refractivity contribution in [1.29, 1.82) is 0 Å². The average molecular weight is 220 g/mol. The zero-order chi connectivity index (χ0) is 12.1. The third-order valence-electron chi connectivity index (χ3n) is 1.78. The molecule has 0 radical (unpaired) electrons. The van der Waals surface area contributed by atoms with Crippen LogP contribution in [0.15, 0.2) is 0 Å². The summed E-state index contributed by atoms with van der Waals surface area (Å²) >= 11 is 0. The molecule has 0 aliphatic carbocycles. The van der Waals surface area contributed by atoms with E-state index in [1.165, 1.54) is 0 Å². The van der Waals surface area contributed by atoms with Crippen LogP contribution in [0.25, 0.3) is 0 Å². The molecule has 0 saturated carbocycles. The van der Waals surface area contributed by atoms with Gasteiger partial charge in [-0.05, 0) is 12.8 Å². The van der Waals surface area contributed by atoms with Gasteiger partial charge < -0.3 is 15.3 Å². The summed E-state index contributed by atoms with van der Waals surface area (Å²) in [6.07, 6.45) is 4.53. The minimum Gasteiger partial charge on any atom is -0.481 e. The van der Waals surface area contributed by atoms with Gasteiger partial charge in [0.25, 0.3) is 0 Å². The number of hydrogen-bond acceptors (Lipinski definition) is 3. The van der Waals surface area contributed by atoms with Gasteiger partial charge in [-0.1, -0.05) is 19.3 Å². The second-order valence-electron chi connectivity index (χ2n) is 3.06. The monoisotopic (exact) mass is 220 g/mol. The van der Waals surface area contributed by atoms with Crippen LogP contribution < -0.4 is 0 Å². The number of carbonyl (C=O) groups is 2. The van der Waals surface area contributed by atoms with Gasteiger partial charge in [-0.3, -0.25) is 9.59 Å². The Morgan fingerprint density at radius 1 is 0.733 bits per heavy atom. The van der Waals surface area contributed by atoms with Crippen LogP contribution >= 0.6 is 0 Å². The van der Waals surface area contributed by atoms with Crippen molar-refractivity contribution in [2.75, 3.05) is 7.11 Å². The predicted octanol–water partition coefficient (Wildman–Crippen LogP) is 1.49. The van der Waals surface area contributed by atoms with Crippen LogP contribution in [-0.4, -0.2) is 34.4 Å². The quantitative estimate of drug-likeness (QED) is 0.539. The molecular formula is C10H20O5. The van der Waals surface area contributed by atoms with Crippen LogP contribution in [0.5, 0.6) is 0 Å². The lowest BCUT2D eigenvalue weighted by atomic mass is 10.1. The Morgan fingerprint density at radius 3 is 1.27 bits per heavy atom. The van der Waals surface area contributed by atoms with E-state index in [9.17, 15) is 9.59 Å². The molecule has 0 saturated heterocycles. The highest BCUT2D eigenvalue weighted by Gasteiger charge is 1.98. The normalized spacial score (nSPS) is 8.93. The topological polar surface area (TPSA) is 94.8 Å². The second kappa shape index (κ2) is 12.9. The molecule has 0 heterocycles. The van der Waals surface area contributed by atoms with Crippen molar-refractivity contribution < 1.29 is 24.9 Å². The van der Waals surface area contributed by atoms with E-state index in [1.54, 1.807) is 0 Å². The fraction of sp³-hybridized carbons (Fsp3) is 0.800. The maximum Gasteiger partial charge on any atom is 0.303 e. The Labute approximate surface area is 89.7 Å². The summed E-state index contributed by atoms with van der Waals surface area (Å²) in [5, 5.41) is 23.6. The van der Waals surface area contributed by atoms with Crippen LogP contribution in [0.3, 0.4) is 0 Å². The molecule has 0 aromatic heterocycles. The first kappa shape index (κ1) is 16.3. The minimum atomic E-state index is -0.759. The molecule has 90 valence electrons. The Kier molecular flexibility index (Phi) is 14.0. The van der Waals surface area contributed by atoms with E-state index in [2.05, 4.69) is 0 Å². The third kappa shape index (κ3) is 19.3.